The average molecular weight is 371 g/mol. The molecule has 3 aromatic heterocycles. The molecule has 8 heteroatoms. The van der Waals surface area contributed by atoms with Gasteiger partial charge in [-0.15, -0.1) is 21.5 Å². The van der Waals surface area contributed by atoms with Crippen molar-refractivity contribution in [1.29, 1.82) is 0 Å². The Bertz CT molecular complexity index is 963. The topological polar surface area (TPSA) is 74.2 Å². The Balaban J connectivity index is 1.45. The third-order valence-electron chi connectivity index (χ3n) is 3.37. The van der Waals surface area contributed by atoms with E-state index in [2.05, 4.69) is 15.2 Å². The van der Waals surface area contributed by atoms with Gasteiger partial charge in [0.25, 0.3) is 11.1 Å². The minimum absolute atomic E-state index is 0.439. The number of hydrogen-bond donors (Lipinski definition) is 0. The van der Waals surface area contributed by atoms with Crippen LogP contribution in [-0.4, -0.2) is 22.3 Å². The predicted molar refractivity (Wildman–Crippen MR) is 95.7 cm³/mol. The lowest BCUT2D eigenvalue weighted by atomic mass is 10.2. The summed E-state index contributed by atoms with van der Waals surface area (Å²) >= 11 is 2.99. The first-order valence-electron chi connectivity index (χ1n) is 7.41. The molecule has 0 aliphatic carbocycles. The molecule has 0 aliphatic heterocycles. The summed E-state index contributed by atoms with van der Waals surface area (Å²) in [5.74, 6) is 2.56. The van der Waals surface area contributed by atoms with E-state index in [0.29, 0.717) is 22.6 Å². The van der Waals surface area contributed by atoms with Gasteiger partial charge in [-0.05, 0) is 24.3 Å². The van der Waals surface area contributed by atoms with Crippen LogP contribution in [0.4, 0.5) is 0 Å². The summed E-state index contributed by atoms with van der Waals surface area (Å²) in [6.45, 7) is 0. The Morgan fingerprint density at radius 3 is 2.92 bits per heavy atom. The zero-order valence-corrected chi connectivity index (χ0v) is 14.8. The molecule has 6 nitrogen and oxygen atoms in total. The molecule has 0 unspecified atom stereocenters. The van der Waals surface area contributed by atoms with Crippen LogP contribution >= 0.6 is 23.1 Å². The van der Waals surface area contributed by atoms with Crippen molar-refractivity contribution in [2.45, 2.75) is 11.0 Å². The lowest BCUT2D eigenvalue weighted by Gasteiger charge is -2.03. The number of benzene rings is 1. The standard InChI is InChI=1S/C17H13N3O3S2/c1-21-13-6-3-2-5-12(13)15-19-20-17(23-15)25-10-11-9-24-16(18-11)14-7-4-8-22-14/h2-9H,10H2,1H3. The second kappa shape index (κ2) is 7.12. The molecule has 0 N–H and O–H groups in total. The number of thiazole rings is 1. The van der Waals surface area contributed by atoms with E-state index in [9.17, 15) is 0 Å². The van der Waals surface area contributed by atoms with Crippen LogP contribution in [0.1, 0.15) is 5.69 Å². The van der Waals surface area contributed by atoms with Crippen molar-refractivity contribution in [3.8, 4) is 28.0 Å². The molecule has 126 valence electrons. The quantitative estimate of drug-likeness (QED) is 0.453. The molecule has 25 heavy (non-hydrogen) atoms. The lowest BCUT2D eigenvalue weighted by molar-refractivity contribution is 0.411. The maximum absolute atomic E-state index is 5.73. The summed E-state index contributed by atoms with van der Waals surface area (Å²) in [7, 11) is 1.61. The summed E-state index contributed by atoms with van der Waals surface area (Å²) in [5, 5.41) is 11.5. The second-order valence-electron chi connectivity index (χ2n) is 4.98. The third kappa shape index (κ3) is 3.45. The van der Waals surface area contributed by atoms with E-state index < -0.39 is 0 Å². The monoisotopic (exact) mass is 371 g/mol. The van der Waals surface area contributed by atoms with Gasteiger partial charge in [0.1, 0.15) is 5.75 Å². The molecule has 0 spiro atoms. The number of hydrogen-bond acceptors (Lipinski definition) is 8. The van der Waals surface area contributed by atoms with E-state index in [-0.39, 0.29) is 0 Å². The van der Waals surface area contributed by atoms with Crippen LogP contribution in [0.25, 0.3) is 22.2 Å². The van der Waals surface area contributed by atoms with Gasteiger partial charge in [0.05, 0.1) is 24.6 Å². The maximum Gasteiger partial charge on any atom is 0.277 e. The summed E-state index contributed by atoms with van der Waals surface area (Å²) in [6.07, 6.45) is 1.64. The molecule has 4 rings (SSSR count). The van der Waals surface area contributed by atoms with Gasteiger partial charge in [0, 0.05) is 11.1 Å². The zero-order chi connectivity index (χ0) is 17.1. The van der Waals surface area contributed by atoms with Crippen LogP contribution in [0.2, 0.25) is 0 Å². The highest BCUT2D eigenvalue weighted by Crippen LogP contribution is 2.32. The molecule has 3 heterocycles. The maximum atomic E-state index is 5.73. The van der Waals surface area contributed by atoms with Gasteiger partial charge in [-0.2, -0.15) is 0 Å². The summed E-state index contributed by atoms with van der Waals surface area (Å²) in [4.78, 5) is 4.55. The number of furan rings is 1. The van der Waals surface area contributed by atoms with Crippen LogP contribution in [0, 0.1) is 0 Å². The molecule has 0 bridgehead atoms. The number of nitrogens with zero attached hydrogens (tertiary/aromatic N) is 3. The predicted octanol–water partition coefficient (Wildman–Crippen LogP) is 4.75. The molecular formula is C17H13N3O3S2. The smallest absolute Gasteiger partial charge is 0.277 e. The third-order valence-corrected chi connectivity index (χ3v) is 5.13. The molecule has 0 atom stereocenters. The normalized spacial score (nSPS) is 10.9. The van der Waals surface area contributed by atoms with Crippen LogP contribution in [-0.2, 0) is 5.75 Å². The Labute approximate surface area is 151 Å². The van der Waals surface area contributed by atoms with Crippen molar-refractivity contribution in [3.63, 3.8) is 0 Å². The van der Waals surface area contributed by atoms with Crippen LogP contribution in [0.15, 0.2) is 62.1 Å². The van der Waals surface area contributed by atoms with Crippen molar-refractivity contribution in [2.24, 2.45) is 0 Å². The number of aromatic nitrogens is 3. The number of para-hydroxylation sites is 1. The average Bonchev–Trinajstić information content (AvgIpc) is 3.40. The highest BCUT2D eigenvalue weighted by molar-refractivity contribution is 7.98. The fourth-order valence-electron chi connectivity index (χ4n) is 2.22. The van der Waals surface area contributed by atoms with Crippen molar-refractivity contribution in [1.82, 2.24) is 15.2 Å². The molecule has 0 aliphatic rings. The van der Waals surface area contributed by atoms with Crippen molar-refractivity contribution >= 4 is 23.1 Å². The SMILES string of the molecule is COc1ccccc1-c1nnc(SCc2csc(-c3ccco3)n2)o1. The first kappa shape index (κ1) is 15.9. The molecule has 0 amide bonds. The number of thioether (sulfide) groups is 1. The Kier molecular flexibility index (Phi) is 4.53. The van der Waals surface area contributed by atoms with Crippen LogP contribution in [0.3, 0.4) is 0 Å². The van der Waals surface area contributed by atoms with E-state index >= 15 is 0 Å². The van der Waals surface area contributed by atoms with Gasteiger partial charge in [-0.3, -0.25) is 0 Å². The minimum atomic E-state index is 0.439. The zero-order valence-electron chi connectivity index (χ0n) is 13.2. The van der Waals surface area contributed by atoms with Gasteiger partial charge in [0.2, 0.25) is 0 Å². The molecule has 1 aromatic carbocycles. The molecule has 0 fully saturated rings. The Morgan fingerprint density at radius 1 is 1.16 bits per heavy atom. The molecule has 4 aromatic rings. The van der Waals surface area contributed by atoms with Crippen molar-refractivity contribution in [3.05, 3.63) is 53.7 Å². The number of rotatable bonds is 6. The Hall–Kier alpha value is -2.58. The van der Waals surface area contributed by atoms with E-state index in [0.717, 1.165) is 22.0 Å². The van der Waals surface area contributed by atoms with E-state index in [1.54, 1.807) is 24.7 Å². The second-order valence-corrected chi connectivity index (χ2v) is 6.77. The first-order chi connectivity index (χ1) is 12.3. The van der Waals surface area contributed by atoms with Gasteiger partial charge in [-0.25, -0.2) is 4.98 Å². The van der Waals surface area contributed by atoms with Gasteiger partial charge < -0.3 is 13.6 Å². The summed E-state index contributed by atoms with van der Waals surface area (Å²) in [5.41, 5.74) is 1.72. The Morgan fingerprint density at radius 2 is 2.08 bits per heavy atom. The van der Waals surface area contributed by atoms with E-state index in [1.165, 1.54) is 11.8 Å². The van der Waals surface area contributed by atoms with E-state index in [4.69, 9.17) is 13.6 Å². The van der Waals surface area contributed by atoms with Crippen molar-refractivity contribution in [2.75, 3.05) is 7.11 Å². The van der Waals surface area contributed by atoms with Gasteiger partial charge in [0.15, 0.2) is 10.8 Å². The molecule has 0 radical (unpaired) electrons. The summed E-state index contributed by atoms with van der Waals surface area (Å²) in [6, 6.07) is 11.3. The highest BCUT2D eigenvalue weighted by Gasteiger charge is 2.14. The largest absolute Gasteiger partial charge is 0.496 e. The fraction of sp³-hybridized carbons (Fsp3) is 0.118. The van der Waals surface area contributed by atoms with E-state index in [1.807, 2.05) is 41.8 Å². The number of methoxy groups -OCH3 is 1. The number of ether oxygens (including phenoxy) is 1. The van der Waals surface area contributed by atoms with Crippen molar-refractivity contribution < 1.29 is 13.6 Å². The van der Waals surface area contributed by atoms with Gasteiger partial charge >= 0.3 is 0 Å². The van der Waals surface area contributed by atoms with Gasteiger partial charge in [-0.1, -0.05) is 23.9 Å². The van der Waals surface area contributed by atoms with Crippen LogP contribution in [0.5, 0.6) is 5.75 Å². The minimum Gasteiger partial charge on any atom is -0.496 e. The molecule has 0 saturated heterocycles. The van der Waals surface area contributed by atoms with Crippen LogP contribution < -0.4 is 4.74 Å². The lowest BCUT2D eigenvalue weighted by Crippen LogP contribution is -1.87. The fourth-order valence-corrected chi connectivity index (χ4v) is 3.77. The molecule has 0 saturated carbocycles. The first-order valence-corrected chi connectivity index (χ1v) is 9.28. The highest BCUT2D eigenvalue weighted by atomic mass is 32.2. The molecular weight excluding hydrogens is 358 g/mol. The summed E-state index contributed by atoms with van der Waals surface area (Å²) < 4.78 is 16.4.